The number of likely N-dealkylation sites (N-methyl/N-ethyl adjacent to an activating group) is 1. The van der Waals surface area contributed by atoms with E-state index in [1.807, 2.05) is 18.2 Å². The molecule has 0 amide bonds. The van der Waals surface area contributed by atoms with Crippen LogP contribution in [0.15, 0.2) is 48.1 Å². The van der Waals surface area contributed by atoms with Crippen LogP contribution in [0.2, 0.25) is 0 Å². The zero-order valence-electron chi connectivity index (χ0n) is 13.5. The second-order valence-corrected chi connectivity index (χ2v) is 5.92. The molecule has 7 nitrogen and oxygen atoms in total. The highest BCUT2D eigenvalue weighted by Gasteiger charge is 2.16. The van der Waals surface area contributed by atoms with E-state index in [-0.39, 0.29) is 0 Å². The van der Waals surface area contributed by atoms with Crippen molar-refractivity contribution in [1.29, 1.82) is 0 Å². The lowest BCUT2D eigenvalue weighted by molar-refractivity contribution is 0.214. The fraction of sp³-hybridized carbons (Fsp3) is 0.312. The Labute approximate surface area is 146 Å². The van der Waals surface area contributed by atoms with Gasteiger partial charge >= 0.3 is 0 Å². The molecule has 8 heteroatoms. The molecule has 2 aromatic rings. The minimum atomic E-state index is 0.636. The number of hydrazone groups is 1. The lowest BCUT2D eigenvalue weighted by Crippen LogP contribution is -2.49. The minimum absolute atomic E-state index is 0.636. The fourth-order valence-electron chi connectivity index (χ4n) is 2.42. The largest absolute Gasteiger partial charge is 0.345 e. The molecule has 0 radical (unpaired) electrons. The molecular weight excluding hydrogens is 322 g/mol. The first-order valence-electron chi connectivity index (χ1n) is 7.72. The molecule has 1 fully saturated rings. The summed E-state index contributed by atoms with van der Waals surface area (Å²) in [5, 5.41) is 12.9. The average Bonchev–Trinajstić information content (AvgIpc) is 2.64. The van der Waals surface area contributed by atoms with Crippen molar-refractivity contribution in [2.75, 3.05) is 33.2 Å². The summed E-state index contributed by atoms with van der Waals surface area (Å²) in [6.07, 6.45) is 6.79. The van der Waals surface area contributed by atoms with Gasteiger partial charge in [0.1, 0.15) is 0 Å². The predicted octanol–water partition coefficient (Wildman–Crippen LogP) is 0.746. The van der Waals surface area contributed by atoms with Gasteiger partial charge in [0, 0.05) is 49.7 Å². The van der Waals surface area contributed by atoms with Gasteiger partial charge in [0.05, 0.1) is 18.1 Å². The number of nitrogens with one attached hydrogen (secondary N) is 1. The van der Waals surface area contributed by atoms with E-state index in [9.17, 15) is 0 Å². The van der Waals surface area contributed by atoms with E-state index in [4.69, 9.17) is 12.2 Å². The van der Waals surface area contributed by atoms with E-state index in [1.54, 1.807) is 24.8 Å². The molecule has 24 heavy (non-hydrogen) atoms. The van der Waals surface area contributed by atoms with E-state index >= 15 is 0 Å². The number of rotatable bonds is 3. The van der Waals surface area contributed by atoms with Gasteiger partial charge in [-0.3, -0.25) is 10.4 Å². The Morgan fingerprint density at radius 3 is 2.42 bits per heavy atom. The van der Waals surface area contributed by atoms with E-state index in [2.05, 4.69) is 42.6 Å². The van der Waals surface area contributed by atoms with Crippen LogP contribution in [0.1, 0.15) is 11.1 Å². The monoisotopic (exact) mass is 341 g/mol. The molecule has 1 aliphatic heterocycles. The molecule has 0 aliphatic carbocycles. The Morgan fingerprint density at radius 2 is 1.75 bits per heavy atom. The molecule has 0 spiro atoms. The molecule has 0 saturated carbocycles. The molecule has 1 saturated heterocycles. The quantitative estimate of drug-likeness (QED) is 0.502. The average molecular weight is 341 g/mol. The van der Waals surface area contributed by atoms with Gasteiger partial charge in [0.2, 0.25) is 0 Å². The van der Waals surface area contributed by atoms with E-state index in [0.717, 1.165) is 43.0 Å². The molecular formula is C16H19N7S. The highest BCUT2D eigenvalue weighted by molar-refractivity contribution is 7.80. The Balaban J connectivity index is 1.78. The number of pyridine rings is 1. The van der Waals surface area contributed by atoms with Crippen molar-refractivity contribution in [1.82, 2.24) is 30.4 Å². The standard InChI is InChI=1S/C16H19N7S/c1-22-8-10-23(11-9-22)16(24)21-20-15(13-2-5-17-6-3-13)14-4-7-18-19-12-14/h2-7,12H,8-11H2,1H3,(H,21,24). The van der Waals surface area contributed by atoms with Crippen LogP contribution in [-0.4, -0.2) is 69.0 Å². The van der Waals surface area contributed by atoms with Gasteiger partial charge in [-0.2, -0.15) is 15.3 Å². The molecule has 1 N–H and O–H groups in total. The number of aromatic nitrogens is 3. The minimum Gasteiger partial charge on any atom is -0.345 e. The first-order chi connectivity index (χ1) is 11.7. The van der Waals surface area contributed by atoms with Gasteiger partial charge < -0.3 is 9.80 Å². The van der Waals surface area contributed by atoms with Gasteiger partial charge in [-0.15, -0.1) is 0 Å². The number of hydrogen-bond acceptors (Lipinski definition) is 6. The Kier molecular flexibility index (Phi) is 5.39. The first kappa shape index (κ1) is 16.4. The summed E-state index contributed by atoms with van der Waals surface area (Å²) in [6.45, 7) is 3.80. The van der Waals surface area contributed by atoms with Crippen LogP contribution in [0.25, 0.3) is 0 Å². The highest BCUT2D eigenvalue weighted by atomic mass is 32.1. The van der Waals surface area contributed by atoms with Crippen molar-refractivity contribution < 1.29 is 0 Å². The highest BCUT2D eigenvalue weighted by Crippen LogP contribution is 2.08. The topological polar surface area (TPSA) is 69.5 Å². The van der Waals surface area contributed by atoms with Gasteiger partial charge in [0.25, 0.3) is 0 Å². The van der Waals surface area contributed by atoms with Crippen LogP contribution in [-0.2, 0) is 0 Å². The molecule has 124 valence electrons. The van der Waals surface area contributed by atoms with Gasteiger partial charge in [-0.05, 0) is 37.5 Å². The van der Waals surface area contributed by atoms with E-state index in [0.29, 0.717) is 5.11 Å². The van der Waals surface area contributed by atoms with Crippen LogP contribution < -0.4 is 5.43 Å². The summed E-state index contributed by atoms with van der Waals surface area (Å²) < 4.78 is 0. The number of thiocarbonyl (C=S) groups is 1. The van der Waals surface area contributed by atoms with Crippen molar-refractivity contribution in [2.45, 2.75) is 0 Å². The SMILES string of the molecule is CN1CCN(C(=S)NN=C(c2ccncc2)c2ccnnc2)CC1. The van der Waals surface area contributed by atoms with E-state index in [1.165, 1.54) is 0 Å². The molecule has 0 atom stereocenters. The normalized spacial score (nSPS) is 16.0. The summed E-state index contributed by atoms with van der Waals surface area (Å²) in [5.74, 6) is 0. The fourth-order valence-corrected chi connectivity index (χ4v) is 2.65. The third-order valence-corrected chi connectivity index (χ3v) is 4.21. The number of piperazine rings is 1. The van der Waals surface area contributed by atoms with Crippen molar-refractivity contribution in [3.8, 4) is 0 Å². The number of nitrogens with zero attached hydrogens (tertiary/aromatic N) is 6. The lowest BCUT2D eigenvalue weighted by atomic mass is 10.1. The van der Waals surface area contributed by atoms with E-state index < -0.39 is 0 Å². The summed E-state index contributed by atoms with van der Waals surface area (Å²) >= 11 is 5.48. The molecule has 3 heterocycles. The molecule has 0 unspecified atom stereocenters. The number of hydrogen-bond donors (Lipinski definition) is 1. The summed E-state index contributed by atoms with van der Waals surface area (Å²) in [4.78, 5) is 8.47. The molecule has 1 aliphatic rings. The maximum Gasteiger partial charge on any atom is 0.189 e. The lowest BCUT2D eigenvalue weighted by Gasteiger charge is -2.33. The van der Waals surface area contributed by atoms with Crippen molar-refractivity contribution in [2.24, 2.45) is 5.10 Å². The molecule has 3 rings (SSSR count). The van der Waals surface area contributed by atoms with Crippen LogP contribution >= 0.6 is 12.2 Å². The van der Waals surface area contributed by atoms with Crippen molar-refractivity contribution in [3.05, 3.63) is 54.1 Å². The molecule has 2 aromatic heterocycles. The third-order valence-electron chi connectivity index (χ3n) is 3.87. The molecule has 0 bridgehead atoms. The van der Waals surface area contributed by atoms with Crippen molar-refractivity contribution >= 4 is 23.0 Å². The Hall–Kier alpha value is -2.45. The second kappa shape index (κ2) is 7.89. The predicted molar refractivity (Wildman–Crippen MR) is 96.7 cm³/mol. The summed E-state index contributed by atoms with van der Waals surface area (Å²) in [5.41, 5.74) is 5.58. The summed E-state index contributed by atoms with van der Waals surface area (Å²) in [7, 11) is 2.12. The third kappa shape index (κ3) is 4.09. The van der Waals surface area contributed by atoms with Crippen molar-refractivity contribution in [3.63, 3.8) is 0 Å². The first-order valence-corrected chi connectivity index (χ1v) is 8.13. The van der Waals surface area contributed by atoms with Crippen LogP contribution in [0.4, 0.5) is 0 Å². The zero-order chi connectivity index (χ0) is 16.8. The van der Waals surface area contributed by atoms with Crippen LogP contribution in [0, 0.1) is 0 Å². The Morgan fingerprint density at radius 1 is 1.04 bits per heavy atom. The maximum absolute atomic E-state index is 5.48. The summed E-state index contributed by atoms with van der Waals surface area (Å²) in [6, 6.07) is 5.67. The van der Waals surface area contributed by atoms with Crippen LogP contribution in [0.5, 0.6) is 0 Å². The Bertz CT molecular complexity index is 655. The van der Waals surface area contributed by atoms with Gasteiger partial charge in [-0.25, -0.2) is 0 Å². The van der Waals surface area contributed by atoms with Crippen LogP contribution in [0.3, 0.4) is 0 Å². The second-order valence-electron chi connectivity index (χ2n) is 5.53. The zero-order valence-corrected chi connectivity index (χ0v) is 14.3. The maximum atomic E-state index is 5.48. The smallest absolute Gasteiger partial charge is 0.189 e. The van der Waals surface area contributed by atoms with Gasteiger partial charge in [-0.1, -0.05) is 0 Å². The molecule has 0 aromatic carbocycles. The van der Waals surface area contributed by atoms with Gasteiger partial charge in [0.15, 0.2) is 5.11 Å².